The molecule has 0 atom stereocenters. The van der Waals surface area contributed by atoms with Gasteiger partial charge in [0.2, 0.25) is 0 Å². The first-order chi connectivity index (χ1) is 9.47. The van der Waals surface area contributed by atoms with Gasteiger partial charge in [0.25, 0.3) is 5.91 Å². The maximum atomic E-state index is 12.8. The Bertz CT molecular complexity index is 623. The van der Waals surface area contributed by atoms with Crippen molar-refractivity contribution in [2.45, 2.75) is 13.5 Å². The van der Waals surface area contributed by atoms with Crippen LogP contribution in [0.1, 0.15) is 21.5 Å². The maximum absolute atomic E-state index is 12.8. The zero-order valence-corrected chi connectivity index (χ0v) is 11.4. The molecule has 0 aliphatic carbocycles. The van der Waals surface area contributed by atoms with Crippen LogP contribution in [0.5, 0.6) is 5.75 Å². The fourth-order valence-corrected chi connectivity index (χ4v) is 1.96. The Balaban J connectivity index is 2.16. The number of benzene rings is 2. The molecule has 3 nitrogen and oxygen atoms in total. The van der Waals surface area contributed by atoms with Crippen LogP contribution < -0.4 is 0 Å². The summed E-state index contributed by atoms with van der Waals surface area (Å²) < 4.78 is 12.8. The van der Waals surface area contributed by atoms with Crippen LogP contribution in [0.3, 0.4) is 0 Å². The molecule has 0 heterocycles. The number of halogens is 1. The molecule has 0 spiro atoms. The summed E-state index contributed by atoms with van der Waals surface area (Å²) in [5.41, 5.74) is 2.00. The number of hydrogen-bond donors (Lipinski definition) is 1. The van der Waals surface area contributed by atoms with Crippen molar-refractivity contribution < 1.29 is 14.3 Å². The van der Waals surface area contributed by atoms with Crippen molar-refractivity contribution in [1.29, 1.82) is 0 Å². The number of hydrogen-bond acceptors (Lipinski definition) is 2. The van der Waals surface area contributed by atoms with Crippen LogP contribution in [-0.2, 0) is 6.54 Å². The van der Waals surface area contributed by atoms with Gasteiger partial charge < -0.3 is 10.0 Å². The van der Waals surface area contributed by atoms with Gasteiger partial charge in [-0.3, -0.25) is 4.79 Å². The molecule has 0 aliphatic heterocycles. The third kappa shape index (κ3) is 3.15. The molecule has 0 saturated heterocycles. The lowest BCUT2D eigenvalue weighted by atomic mass is 10.1. The van der Waals surface area contributed by atoms with E-state index in [2.05, 4.69) is 0 Å². The standard InChI is InChI=1S/C16H16FNO2/c1-11-3-8-15(19)14(9-11)16(20)18(2)10-12-4-6-13(17)7-5-12/h3-9,19H,10H2,1-2H3. The molecule has 2 rings (SSSR count). The first kappa shape index (κ1) is 14.1. The van der Waals surface area contributed by atoms with Crippen LogP contribution in [0.2, 0.25) is 0 Å². The van der Waals surface area contributed by atoms with Crippen molar-refractivity contribution in [3.63, 3.8) is 0 Å². The lowest BCUT2D eigenvalue weighted by Gasteiger charge is -2.18. The van der Waals surface area contributed by atoms with Gasteiger partial charge in [-0.05, 0) is 36.8 Å². The van der Waals surface area contributed by atoms with Gasteiger partial charge in [-0.25, -0.2) is 4.39 Å². The highest BCUT2D eigenvalue weighted by atomic mass is 19.1. The number of carbonyl (C=O) groups excluding carboxylic acids is 1. The molecule has 104 valence electrons. The number of aryl methyl sites for hydroxylation is 1. The summed E-state index contributed by atoms with van der Waals surface area (Å²) in [4.78, 5) is 13.8. The predicted molar refractivity (Wildman–Crippen MR) is 75.0 cm³/mol. The fourth-order valence-electron chi connectivity index (χ4n) is 1.96. The summed E-state index contributed by atoms with van der Waals surface area (Å²) in [7, 11) is 1.65. The Labute approximate surface area is 117 Å². The van der Waals surface area contributed by atoms with E-state index >= 15 is 0 Å². The van der Waals surface area contributed by atoms with Crippen molar-refractivity contribution in [3.05, 3.63) is 65.0 Å². The molecule has 0 bridgehead atoms. The molecule has 0 aromatic heterocycles. The third-order valence-corrected chi connectivity index (χ3v) is 3.06. The van der Waals surface area contributed by atoms with Crippen molar-refractivity contribution in [1.82, 2.24) is 4.90 Å². The van der Waals surface area contributed by atoms with Gasteiger partial charge in [-0.2, -0.15) is 0 Å². The summed E-state index contributed by atoms with van der Waals surface area (Å²) in [5, 5.41) is 9.76. The Morgan fingerprint density at radius 3 is 2.50 bits per heavy atom. The van der Waals surface area contributed by atoms with E-state index in [1.54, 1.807) is 31.3 Å². The van der Waals surface area contributed by atoms with Crippen LogP contribution in [0.15, 0.2) is 42.5 Å². The Morgan fingerprint density at radius 2 is 1.85 bits per heavy atom. The molecular weight excluding hydrogens is 257 g/mol. The van der Waals surface area contributed by atoms with Gasteiger partial charge in [0.1, 0.15) is 11.6 Å². The molecule has 0 fully saturated rings. The van der Waals surface area contributed by atoms with Gasteiger partial charge in [0, 0.05) is 13.6 Å². The fraction of sp³-hybridized carbons (Fsp3) is 0.188. The zero-order valence-electron chi connectivity index (χ0n) is 11.4. The smallest absolute Gasteiger partial charge is 0.257 e. The van der Waals surface area contributed by atoms with E-state index in [4.69, 9.17) is 0 Å². The Morgan fingerprint density at radius 1 is 1.20 bits per heavy atom. The average Bonchev–Trinajstić information content (AvgIpc) is 2.43. The van der Waals surface area contributed by atoms with Crippen LogP contribution in [0.4, 0.5) is 4.39 Å². The first-order valence-corrected chi connectivity index (χ1v) is 6.27. The Kier molecular flexibility index (Phi) is 4.03. The number of aromatic hydroxyl groups is 1. The van der Waals surface area contributed by atoms with E-state index in [9.17, 15) is 14.3 Å². The maximum Gasteiger partial charge on any atom is 0.257 e. The van der Waals surface area contributed by atoms with Crippen LogP contribution in [0.25, 0.3) is 0 Å². The molecule has 4 heteroatoms. The van der Waals surface area contributed by atoms with Gasteiger partial charge >= 0.3 is 0 Å². The minimum atomic E-state index is -0.306. The average molecular weight is 273 g/mol. The topological polar surface area (TPSA) is 40.5 Å². The molecule has 0 radical (unpaired) electrons. The quantitative estimate of drug-likeness (QED) is 0.933. The van der Waals surface area contributed by atoms with Crippen molar-refractivity contribution in [3.8, 4) is 5.75 Å². The normalized spacial score (nSPS) is 10.3. The van der Waals surface area contributed by atoms with Gasteiger partial charge in [0.15, 0.2) is 0 Å². The van der Waals surface area contributed by atoms with E-state index in [0.29, 0.717) is 6.54 Å². The van der Waals surface area contributed by atoms with Gasteiger partial charge in [-0.15, -0.1) is 0 Å². The molecule has 1 N–H and O–H groups in total. The number of nitrogens with zero attached hydrogens (tertiary/aromatic N) is 1. The van der Waals surface area contributed by atoms with E-state index in [1.807, 2.05) is 6.92 Å². The van der Waals surface area contributed by atoms with E-state index in [1.165, 1.54) is 23.1 Å². The predicted octanol–water partition coefficient (Wildman–Crippen LogP) is 3.11. The number of phenols is 1. The number of carbonyl (C=O) groups is 1. The van der Waals surface area contributed by atoms with Crippen LogP contribution in [0, 0.1) is 12.7 Å². The van der Waals surface area contributed by atoms with E-state index in [-0.39, 0.29) is 23.0 Å². The molecule has 20 heavy (non-hydrogen) atoms. The third-order valence-electron chi connectivity index (χ3n) is 3.06. The van der Waals surface area contributed by atoms with Crippen LogP contribution >= 0.6 is 0 Å². The molecule has 2 aromatic carbocycles. The summed E-state index contributed by atoms with van der Waals surface area (Å²) in [6, 6.07) is 10.9. The molecular formula is C16H16FNO2. The van der Waals surface area contributed by atoms with Gasteiger partial charge in [-0.1, -0.05) is 23.8 Å². The summed E-state index contributed by atoms with van der Waals surface area (Å²) in [6.07, 6.45) is 0. The van der Waals surface area contributed by atoms with E-state index in [0.717, 1.165) is 11.1 Å². The minimum Gasteiger partial charge on any atom is -0.507 e. The molecule has 2 aromatic rings. The first-order valence-electron chi connectivity index (χ1n) is 6.27. The number of phenolic OH excluding ortho intramolecular Hbond substituents is 1. The highest BCUT2D eigenvalue weighted by molar-refractivity contribution is 5.96. The van der Waals surface area contributed by atoms with Gasteiger partial charge in [0.05, 0.1) is 5.56 Å². The largest absolute Gasteiger partial charge is 0.507 e. The SMILES string of the molecule is Cc1ccc(O)c(C(=O)N(C)Cc2ccc(F)cc2)c1. The molecule has 0 saturated carbocycles. The second-order valence-electron chi connectivity index (χ2n) is 4.81. The van der Waals surface area contributed by atoms with Crippen molar-refractivity contribution in [2.24, 2.45) is 0 Å². The number of rotatable bonds is 3. The molecule has 0 unspecified atom stereocenters. The molecule has 1 amide bonds. The van der Waals surface area contributed by atoms with Crippen LogP contribution in [-0.4, -0.2) is 23.0 Å². The summed E-state index contributed by atoms with van der Waals surface area (Å²) in [5.74, 6) is -0.610. The highest BCUT2D eigenvalue weighted by Crippen LogP contribution is 2.20. The lowest BCUT2D eigenvalue weighted by molar-refractivity contribution is 0.0782. The monoisotopic (exact) mass is 273 g/mol. The summed E-state index contributed by atoms with van der Waals surface area (Å²) in [6.45, 7) is 2.21. The summed E-state index contributed by atoms with van der Waals surface area (Å²) >= 11 is 0. The highest BCUT2D eigenvalue weighted by Gasteiger charge is 2.16. The second-order valence-corrected chi connectivity index (χ2v) is 4.81. The minimum absolute atomic E-state index is 0.0356. The zero-order chi connectivity index (χ0) is 14.7. The molecule has 0 aliphatic rings. The second kappa shape index (κ2) is 5.74. The lowest BCUT2D eigenvalue weighted by Crippen LogP contribution is -2.26. The van der Waals surface area contributed by atoms with Crippen molar-refractivity contribution in [2.75, 3.05) is 7.05 Å². The van der Waals surface area contributed by atoms with E-state index < -0.39 is 0 Å². The number of amides is 1. The Hall–Kier alpha value is -2.36. The van der Waals surface area contributed by atoms with Crippen molar-refractivity contribution >= 4 is 5.91 Å².